The minimum absolute atomic E-state index is 0.0924. The van der Waals surface area contributed by atoms with Gasteiger partial charge in [-0.25, -0.2) is 9.59 Å². The summed E-state index contributed by atoms with van der Waals surface area (Å²) in [5, 5.41) is 13.9. The quantitative estimate of drug-likeness (QED) is 0.473. The minimum atomic E-state index is -1.26. The largest absolute Gasteiger partial charge is 0.480 e. The maximum absolute atomic E-state index is 12.0. The number of aliphatic carboxylic acids is 1. The molecular weight excluding hydrogens is 268 g/mol. The van der Waals surface area contributed by atoms with Crippen molar-refractivity contribution in [1.82, 2.24) is 15.5 Å². The number of piperazine rings is 1. The topological polar surface area (TPSA) is 142 Å². The SMILES string of the molecule is CC1C(=O)NCCN1C(=O)N[C@H](CCC(N)=O)C(=O)O. The molecule has 9 heteroatoms. The first kappa shape index (κ1) is 15.7. The normalized spacial score (nSPS) is 19.9. The van der Waals surface area contributed by atoms with Crippen molar-refractivity contribution in [1.29, 1.82) is 0 Å². The van der Waals surface area contributed by atoms with Gasteiger partial charge in [0.05, 0.1) is 0 Å². The molecule has 0 bridgehead atoms. The van der Waals surface area contributed by atoms with Crippen LogP contribution >= 0.6 is 0 Å². The standard InChI is InChI=1S/C11H18N4O5/c1-6-9(17)13-4-5-15(6)11(20)14-7(10(18)19)2-3-8(12)16/h6-7H,2-5H2,1H3,(H2,12,16)(H,13,17)(H,14,20)(H,18,19)/t6?,7-/m1/s1. The Kier molecular flexibility index (Phi) is 5.30. The molecule has 0 aromatic carbocycles. The predicted octanol–water partition coefficient (Wildman–Crippen LogP) is -1.76. The average molecular weight is 286 g/mol. The monoisotopic (exact) mass is 286 g/mol. The van der Waals surface area contributed by atoms with E-state index < -0.39 is 30.0 Å². The number of carbonyl (C=O) groups is 4. The number of nitrogens with zero attached hydrogens (tertiary/aromatic N) is 1. The van der Waals surface area contributed by atoms with Gasteiger partial charge in [-0.3, -0.25) is 9.59 Å². The molecule has 9 nitrogen and oxygen atoms in total. The van der Waals surface area contributed by atoms with Crippen LogP contribution in [0.2, 0.25) is 0 Å². The zero-order valence-corrected chi connectivity index (χ0v) is 11.1. The lowest BCUT2D eigenvalue weighted by molar-refractivity contribution is -0.139. The predicted molar refractivity (Wildman–Crippen MR) is 67.6 cm³/mol. The third kappa shape index (κ3) is 4.11. The maximum atomic E-state index is 12.0. The number of amides is 4. The van der Waals surface area contributed by atoms with E-state index in [2.05, 4.69) is 10.6 Å². The van der Waals surface area contributed by atoms with Crippen LogP contribution in [0.3, 0.4) is 0 Å². The second-order valence-electron chi connectivity index (χ2n) is 4.51. The summed E-state index contributed by atoms with van der Waals surface area (Å²) in [6.45, 7) is 2.16. The van der Waals surface area contributed by atoms with E-state index in [1.54, 1.807) is 6.92 Å². The Morgan fingerprint density at radius 2 is 2.20 bits per heavy atom. The van der Waals surface area contributed by atoms with Crippen LogP contribution in [0.25, 0.3) is 0 Å². The third-order valence-electron chi connectivity index (χ3n) is 3.03. The van der Waals surface area contributed by atoms with Gasteiger partial charge in [-0.2, -0.15) is 0 Å². The number of urea groups is 1. The van der Waals surface area contributed by atoms with Crippen LogP contribution in [0, 0.1) is 0 Å². The fraction of sp³-hybridized carbons (Fsp3) is 0.636. The van der Waals surface area contributed by atoms with Gasteiger partial charge in [-0.15, -0.1) is 0 Å². The van der Waals surface area contributed by atoms with Crippen molar-refractivity contribution >= 4 is 23.8 Å². The molecule has 0 aromatic rings. The molecule has 0 saturated carbocycles. The zero-order chi connectivity index (χ0) is 15.3. The van der Waals surface area contributed by atoms with E-state index in [1.807, 2.05) is 0 Å². The van der Waals surface area contributed by atoms with E-state index >= 15 is 0 Å². The van der Waals surface area contributed by atoms with Crippen molar-refractivity contribution in [2.24, 2.45) is 5.73 Å². The molecule has 1 fully saturated rings. The highest BCUT2D eigenvalue weighted by atomic mass is 16.4. The zero-order valence-electron chi connectivity index (χ0n) is 11.1. The Hall–Kier alpha value is -2.32. The summed E-state index contributed by atoms with van der Waals surface area (Å²) in [5.74, 6) is -2.19. The fourth-order valence-corrected chi connectivity index (χ4v) is 1.84. The number of primary amides is 1. The number of hydrogen-bond donors (Lipinski definition) is 4. The van der Waals surface area contributed by atoms with E-state index in [0.29, 0.717) is 13.1 Å². The number of carbonyl (C=O) groups excluding carboxylic acids is 3. The summed E-state index contributed by atoms with van der Waals surface area (Å²) < 4.78 is 0. The molecule has 112 valence electrons. The molecule has 0 aliphatic carbocycles. The number of hydrogen-bond acceptors (Lipinski definition) is 4. The Morgan fingerprint density at radius 3 is 2.75 bits per heavy atom. The number of carboxylic acid groups (broad SMARTS) is 1. The van der Waals surface area contributed by atoms with Crippen molar-refractivity contribution in [3.8, 4) is 0 Å². The highest BCUT2D eigenvalue weighted by Gasteiger charge is 2.31. The van der Waals surface area contributed by atoms with Crippen LogP contribution in [-0.2, 0) is 14.4 Å². The maximum Gasteiger partial charge on any atom is 0.326 e. The molecule has 5 N–H and O–H groups in total. The number of nitrogens with one attached hydrogen (secondary N) is 2. The van der Waals surface area contributed by atoms with Gasteiger partial charge in [0.15, 0.2) is 0 Å². The Labute approximate surface area is 115 Å². The van der Waals surface area contributed by atoms with Crippen molar-refractivity contribution in [2.45, 2.75) is 31.8 Å². The van der Waals surface area contributed by atoms with Crippen LogP contribution in [-0.4, -0.2) is 59.0 Å². The summed E-state index contributed by atoms with van der Waals surface area (Å²) in [7, 11) is 0. The van der Waals surface area contributed by atoms with E-state index in [4.69, 9.17) is 10.8 Å². The van der Waals surface area contributed by atoms with E-state index in [-0.39, 0.29) is 18.7 Å². The number of carboxylic acids is 1. The Balaban J connectivity index is 2.63. The van der Waals surface area contributed by atoms with Gasteiger partial charge in [0, 0.05) is 19.5 Å². The molecule has 1 aliphatic heterocycles. The second kappa shape index (κ2) is 6.73. The van der Waals surface area contributed by atoms with E-state index in [1.165, 1.54) is 4.90 Å². The molecule has 2 atom stereocenters. The molecule has 4 amide bonds. The molecule has 0 aromatic heterocycles. The molecule has 1 heterocycles. The molecule has 1 unspecified atom stereocenters. The van der Waals surface area contributed by atoms with Gasteiger partial charge in [-0.1, -0.05) is 0 Å². The highest BCUT2D eigenvalue weighted by Crippen LogP contribution is 2.06. The number of nitrogens with two attached hydrogens (primary N) is 1. The lowest BCUT2D eigenvalue weighted by atomic mass is 10.1. The van der Waals surface area contributed by atoms with Gasteiger partial charge in [0.1, 0.15) is 12.1 Å². The van der Waals surface area contributed by atoms with Crippen LogP contribution < -0.4 is 16.4 Å². The fourth-order valence-electron chi connectivity index (χ4n) is 1.84. The average Bonchev–Trinajstić information content (AvgIpc) is 2.36. The molecule has 0 spiro atoms. The molecule has 0 radical (unpaired) electrons. The summed E-state index contributed by atoms with van der Waals surface area (Å²) in [6.07, 6.45) is -0.238. The van der Waals surface area contributed by atoms with Gasteiger partial charge in [0.2, 0.25) is 11.8 Å². The van der Waals surface area contributed by atoms with Crippen molar-refractivity contribution in [2.75, 3.05) is 13.1 Å². The van der Waals surface area contributed by atoms with E-state index in [9.17, 15) is 19.2 Å². The van der Waals surface area contributed by atoms with Crippen LogP contribution in [0.15, 0.2) is 0 Å². The summed E-state index contributed by atoms with van der Waals surface area (Å²) in [4.78, 5) is 46.3. The Morgan fingerprint density at radius 1 is 1.55 bits per heavy atom. The lowest BCUT2D eigenvalue weighted by Crippen LogP contribution is -2.60. The van der Waals surface area contributed by atoms with Crippen molar-refractivity contribution < 1.29 is 24.3 Å². The molecule has 1 rings (SSSR count). The first-order valence-corrected chi connectivity index (χ1v) is 6.19. The van der Waals surface area contributed by atoms with Crippen LogP contribution in [0.4, 0.5) is 4.79 Å². The van der Waals surface area contributed by atoms with Crippen LogP contribution in [0.5, 0.6) is 0 Å². The van der Waals surface area contributed by atoms with Crippen molar-refractivity contribution in [3.63, 3.8) is 0 Å². The summed E-state index contributed by atoms with van der Waals surface area (Å²) in [5.41, 5.74) is 4.95. The van der Waals surface area contributed by atoms with Gasteiger partial charge in [-0.05, 0) is 13.3 Å². The first-order chi connectivity index (χ1) is 9.32. The Bertz CT molecular complexity index is 425. The first-order valence-electron chi connectivity index (χ1n) is 6.19. The van der Waals surface area contributed by atoms with E-state index in [0.717, 1.165) is 0 Å². The van der Waals surface area contributed by atoms with Crippen molar-refractivity contribution in [3.05, 3.63) is 0 Å². The molecular formula is C11H18N4O5. The van der Waals surface area contributed by atoms with Gasteiger partial charge in [0.25, 0.3) is 0 Å². The smallest absolute Gasteiger partial charge is 0.326 e. The summed E-state index contributed by atoms with van der Waals surface area (Å²) >= 11 is 0. The highest BCUT2D eigenvalue weighted by molar-refractivity contribution is 5.89. The third-order valence-corrected chi connectivity index (χ3v) is 3.03. The lowest BCUT2D eigenvalue weighted by Gasteiger charge is -2.33. The summed E-state index contributed by atoms with van der Waals surface area (Å²) in [6, 6.07) is -2.54. The molecule has 20 heavy (non-hydrogen) atoms. The molecule has 1 saturated heterocycles. The molecule has 1 aliphatic rings. The second-order valence-corrected chi connectivity index (χ2v) is 4.51. The van der Waals surface area contributed by atoms with Gasteiger partial charge < -0.3 is 26.4 Å². The number of rotatable bonds is 5. The van der Waals surface area contributed by atoms with Gasteiger partial charge >= 0.3 is 12.0 Å². The minimum Gasteiger partial charge on any atom is -0.480 e. The van der Waals surface area contributed by atoms with Crippen LogP contribution in [0.1, 0.15) is 19.8 Å².